The average molecular weight is 2480 g/mol. The van der Waals surface area contributed by atoms with Gasteiger partial charge in [-0.15, -0.1) is 215 Å². The van der Waals surface area contributed by atoms with Crippen molar-refractivity contribution in [1.82, 2.24) is 29.9 Å². The number of hydrogen-bond donors (Lipinski definition) is 0. The van der Waals surface area contributed by atoms with Crippen LogP contribution in [0.2, 0.25) is 78.6 Å². The van der Waals surface area contributed by atoms with E-state index >= 15 is 0 Å². The van der Waals surface area contributed by atoms with Gasteiger partial charge in [0.2, 0.25) is 0 Å². The molecule has 12 aromatic carbocycles. The maximum atomic E-state index is 5.06. The number of benzene rings is 12. The van der Waals surface area contributed by atoms with E-state index in [0.29, 0.717) is 17.8 Å². The van der Waals surface area contributed by atoms with E-state index in [1.165, 1.54) is 78.9 Å². The van der Waals surface area contributed by atoms with Gasteiger partial charge in [0, 0.05) is 97.5 Å². The molecule has 18 rings (SSSR count). The van der Waals surface area contributed by atoms with Gasteiger partial charge in [-0.1, -0.05) is 379 Å². The smallest absolute Gasteiger partial charge is 0.181 e. The second kappa shape index (κ2) is 53.2. The van der Waals surface area contributed by atoms with E-state index < -0.39 is 48.4 Å². The van der Waals surface area contributed by atoms with E-state index in [4.69, 9.17) is 15.0 Å². The molecular formula is C126H132Ir3N6Si6-6. The molecule has 0 unspecified atom stereocenters. The van der Waals surface area contributed by atoms with Crippen molar-refractivity contribution < 1.29 is 60.3 Å². The molecule has 0 aliphatic rings. The summed E-state index contributed by atoms with van der Waals surface area (Å²) in [5.41, 5.74) is 16.6. The van der Waals surface area contributed by atoms with Crippen LogP contribution in [0.4, 0.5) is 0 Å². The summed E-state index contributed by atoms with van der Waals surface area (Å²) < 4.78 is 0. The third kappa shape index (κ3) is 30.2. The third-order valence-electron chi connectivity index (χ3n) is 25.1. The molecule has 0 aliphatic carbocycles. The fraction of sp³-hybridized carbons (Fsp3) is 0.190. The van der Waals surface area contributed by atoms with Crippen LogP contribution in [0.15, 0.2) is 419 Å². The van der Waals surface area contributed by atoms with Crippen LogP contribution < -0.4 is 62.2 Å². The Morgan fingerprint density at radius 1 is 0.206 bits per heavy atom. The molecule has 0 atom stereocenters. The van der Waals surface area contributed by atoms with Crippen molar-refractivity contribution in [3.63, 3.8) is 0 Å². The number of hydrogen-bond acceptors (Lipinski definition) is 6. The van der Waals surface area contributed by atoms with Crippen molar-refractivity contribution in [1.29, 1.82) is 0 Å². The van der Waals surface area contributed by atoms with Gasteiger partial charge in [-0.05, 0) is 128 Å². The van der Waals surface area contributed by atoms with E-state index in [-0.39, 0.29) is 60.3 Å². The maximum Gasteiger partial charge on any atom is 0.181 e. The second-order valence-electron chi connectivity index (χ2n) is 40.4. The summed E-state index contributed by atoms with van der Waals surface area (Å²) >= 11 is 0. The fourth-order valence-corrected chi connectivity index (χ4v) is 32.0. The molecule has 0 aliphatic heterocycles. The molecule has 18 aromatic rings. The van der Waals surface area contributed by atoms with Crippen molar-refractivity contribution in [3.8, 4) is 67.5 Å². The first kappa shape index (κ1) is 112. The summed E-state index contributed by atoms with van der Waals surface area (Å²) in [6.07, 6.45) is 15.6. The Kier molecular flexibility index (Phi) is 42.2. The Labute approximate surface area is 889 Å². The quantitative estimate of drug-likeness (QED) is 0.0341. The Morgan fingerprint density at radius 3 is 0.652 bits per heavy atom. The predicted molar refractivity (Wildman–Crippen MR) is 606 cm³/mol. The minimum Gasteiger partial charge on any atom is -0.305 e. The standard InChI is InChI=1S/C33H30NSi.C28H28NSi.C23H26NSi.3C14H16NSi.3Ir/c1-26(2)23-28-24-32(27-15-7-3-8-16-27)34-25-33(28)35(29-17-9-4-10-18-29,30-19-11-5-12-20-30)31-21-13-6-14-22-31;1-22(2)19-24-20-27(23-13-7-4-8-14-23)29-21-28(24)30(3,25-15-9-5-10-16-25)26-17-11-6-12-18-26;1-18(2)15-20-16-22(19-11-7-5-8-12-19)24-17-23(20)25(3,4)21-13-9-6-10-14-21;3*1-16(2,3)13-9-10-14(15-11-13)12-7-5-4-6-8-12;;;/h3-15,17-22,24-26H,23H2,1-2H3;4-13,15-18,20-22H,19H2,1-3H3;5-11,13-14,16-18H,15H2,1-4H3;3*4-7,9-11H,1-3H3;;;/q6*-1;;;. The summed E-state index contributed by atoms with van der Waals surface area (Å²) in [6.45, 7) is 42.1. The first-order valence-corrected chi connectivity index (χ1v) is 66.5. The van der Waals surface area contributed by atoms with Crippen molar-refractivity contribution in [2.45, 2.75) is 139 Å². The summed E-state index contributed by atoms with van der Waals surface area (Å²) in [5, 5.41) is 16.8. The molecule has 0 amide bonds. The molecule has 0 saturated heterocycles. The van der Waals surface area contributed by atoms with Crippen LogP contribution >= 0.6 is 0 Å². The Hall–Kier alpha value is -11.2. The van der Waals surface area contributed by atoms with E-state index in [2.05, 4.69) is 457 Å². The molecule has 141 heavy (non-hydrogen) atoms. The molecule has 0 saturated carbocycles. The molecule has 723 valence electrons. The van der Waals surface area contributed by atoms with Crippen LogP contribution in [0.25, 0.3) is 67.5 Å². The van der Waals surface area contributed by atoms with Gasteiger partial charge in [-0.25, -0.2) is 0 Å². The first-order chi connectivity index (χ1) is 66.5. The van der Waals surface area contributed by atoms with Gasteiger partial charge in [0.15, 0.2) is 8.07 Å². The largest absolute Gasteiger partial charge is 0.305 e. The van der Waals surface area contributed by atoms with Crippen LogP contribution in [-0.2, 0) is 79.6 Å². The van der Waals surface area contributed by atoms with Crippen LogP contribution in [0.5, 0.6) is 0 Å². The van der Waals surface area contributed by atoms with Gasteiger partial charge in [0.05, 0.1) is 24.2 Å². The van der Waals surface area contributed by atoms with Gasteiger partial charge in [-0.2, -0.15) is 0 Å². The Balaban J connectivity index is 0.000000178. The van der Waals surface area contributed by atoms with E-state index in [0.717, 1.165) is 86.8 Å². The molecule has 0 spiro atoms. The number of rotatable bonds is 24. The molecule has 0 fully saturated rings. The molecule has 6 aromatic heterocycles. The number of nitrogens with zero attached hydrogens (tertiary/aromatic N) is 6. The normalized spacial score (nSPS) is 11.3. The zero-order chi connectivity index (χ0) is 97.7. The van der Waals surface area contributed by atoms with Gasteiger partial charge in [0.25, 0.3) is 0 Å². The first-order valence-electron chi connectivity index (χ1n) is 48.5. The average Bonchev–Trinajstić information content (AvgIpc) is 0.722. The molecular weight excluding hydrogens is 2340 g/mol. The van der Waals surface area contributed by atoms with Crippen LogP contribution in [-0.4, -0.2) is 78.3 Å². The van der Waals surface area contributed by atoms with E-state index in [1.54, 1.807) is 0 Å². The van der Waals surface area contributed by atoms with Crippen molar-refractivity contribution >= 4 is 111 Å². The maximum absolute atomic E-state index is 5.06. The molecule has 15 heteroatoms. The Morgan fingerprint density at radius 2 is 0.418 bits per heavy atom. The molecule has 6 heterocycles. The molecule has 0 bridgehead atoms. The van der Waals surface area contributed by atoms with Gasteiger partial charge in [0.1, 0.15) is 16.1 Å². The zero-order valence-electron chi connectivity index (χ0n) is 84.9. The summed E-state index contributed by atoms with van der Waals surface area (Å²) in [5.74, 6) is 1.72. The van der Waals surface area contributed by atoms with Crippen LogP contribution in [0.3, 0.4) is 0 Å². The van der Waals surface area contributed by atoms with E-state index in [1.807, 2.05) is 134 Å². The third-order valence-corrected chi connectivity index (χ3v) is 44.1. The van der Waals surface area contributed by atoms with Crippen LogP contribution in [0.1, 0.15) is 58.2 Å². The number of aromatic nitrogens is 6. The topological polar surface area (TPSA) is 77.3 Å². The van der Waals surface area contributed by atoms with Crippen molar-refractivity contribution in [3.05, 3.63) is 472 Å². The second-order valence-corrected chi connectivity index (χ2v) is 67.7. The van der Waals surface area contributed by atoms with Gasteiger partial charge >= 0.3 is 0 Å². The monoisotopic (exact) mass is 2480 g/mol. The molecule has 6 nitrogen and oxygen atoms in total. The number of pyridine rings is 6. The Bertz CT molecular complexity index is 6360. The minimum atomic E-state index is -2.61. The van der Waals surface area contributed by atoms with E-state index in [9.17, 15) is 0 Å². The van der Waals surface area contributed by atoms with Crippen molar-refractivity contribution in [2.24, 2.45) is 17.8 Å². The molecule has 3 radical (unpaired) electrons. The molecule has 0 N–H and O–H groups in total. The summed E-state index contributed by atoms with van der Waals surface area (Å²) in [7, 11) is -10.2. The summed E-state index contributed by atoms with van der Waals surface area (Å²) in [6, 6.07) is 154. The zero-order valence-corrected chi connectivity index (χ0v) is 98.1. The predicted octanol–water partition coefficient (Wildman–Crippen LogP) is 23.8. The van der Waals surface area contributed by atoms with Gasteiger partial charge in [-0.3, -0.25) is 0 Å². The minimum absolute atomic E-state index is 0. The van der Waals surface area contributed by atoms with Gasteiger partial charge < -0.3 is 29.9 Å². The van der Waals surface area contributed by atoms with Crippen molar-refractivity contribution in [2.75, 3.05) is 0 Å². The van der Waals surface area contributed by atoms with Crippen LogP contribution in [0, 0.1) is 54.2 Å². The summed E-state index contributed by atoms with van der Waals surface area (Å²) in [4.78, 5) is 28.4. The fourth-order valence-electron chi connectivity index (χ4n) is 17.5. The SMILES string of the molecule is CC(C)Cc1cc(-c2[c-]cccc2)ncc1[Si](C)(C)c1ccccc1.CC(C)Cc1cc(-c2[c-]cccc2)ncc1[Si](C)(c1ccccc1)c1ccccc1.CC(C)Cc1cc(-c2[c-]cccc2)ncc1[Si](c1ccccc1)(c1ccccc1)c1ccccc1.C[Si](C)(C)c1ccc(-c2[c-]cccc2)nc1.C[Si](C)(C)c1ccc(-c2[c-]cccc2)nc1.C[Si](C)(C)c1ccc(-c2[c-]cccc2)nc1.[Ir].[Ir].[Ir].